The number of ether oxygens (including phenoxy) is 2. The number of aliphatic carboxylic acids is 1. The van der Waals surface area contributed by atoms with Gasteiger partial charge in [0, 0.05) is 35.5 Å². The molecule has 0 aromatic heterocycles. The van der Waals surface area contributed by atoms with Gasteiger partial charge in [-0.05, 0) is 68.4 Å². The lowest BCUT2D eigenvalue weighted by Crippen LogP contribution is -2.69. The minimum atomic E-state index is -2.33. The van der Waals surface area contributed by atoms with E-state index in [1.807, 2.05) is 0 Å². The molecular weight excluding hydrogens is 510 g/mol. The lowest BCUT2D eigenvalue weighted by atomic mass is 9.45. The fraction of sp³-hybridized carbons (Fsp3) is 0.767. The Morgan fingerprint density at radius 3 is 2.46 bits per heavy atom. The van der Waals surface area contributed by atoms with Gasteiger partial charge in [0.05, 0.1) is 6.10 Å². The maximum absolute atomic E-state index is 17.4. The molecule has 5 aliphatic rings. The van der Waals surface area contributed by atoms with Crippen LogP contribution in [0.3, 0.4) is 0 Å². The summed E-state index contributed by atoms with van der Waals surface area (Å²) in [7, 11) is 0. The Hall–Kier alpha value is -2.29. The molecule has 0 aromatic rings. The predicted molar refractivity (Wildman–Crippen MR) is 137 cm³/mol. The van der Waals surface area contributed by atoms with Gasteiger partial charge in [0.15, 0.2) is 11.5 Å². The van der Waals surface area contributed by atoms with Crippen LogP contribution in [0.2, 0.25) is 0 Å². The molecule has 7 nitrogen and oxygen atoms in total. The maximum atomic E-state index is 17.4. The number of fused-ring (bicyclic) bond motifs is 5. The zero-order chi connectivity index (χ0) is 28.8. The normalized spacial score (nSPS) is 46.7. The predicted octanol–water partition coefficient (Wildman–Crippen LogP) is 5.85. The van der Waals surface area contributed by atoms with Crippen molar-refractivity contribution in [2.75, 3.05) is 0 Å². The van der Waals surface area contributed by atoms with E-state index in [1.54, 1.807) is 13.8 Å². The highest BCUT2D eigenvalue weighted by Gasteiger charge is 2.78. The van der Waals surface area contributed by atoms with E-state index in [4.69, 9.17) is 9.47 Å². The van der Waals surface area contributed by atoms with Gasteiger partial charge in [0.2, 0.25) is 5.60 Å². The van der Waals surface area contributed by atoms with Gasteiger partial charge in [-0.1, -0.05) is 33.8 Å². The number of carbonyl (C=O) groups excluding carboxylic acids is 2. The van der Waals surface area contributed by atoms with E-state index >= 15 is 8.78 Å². The van der Waals surface area contributed by atoms with Gasteiger partial charge in [0.1, 0.15) is 11.9 Å². The Labute approximate surface area is 228 Å². The van der Waals surface area contributed by atoms with E-state index < -0.39 is 70.0 Å². The zero-order valence-corrected chi connectivity index (χ0v) is 23.4. The van der Waals surface area contributed by atoms with Crippen molar-refractivity contribution in [1.29, 1.82) is 0 Å². The van der Waals surface area contributed by atoms with Gasteiger partial charge < -0.3 is 19.7 Å². The molecule has 9 atom stereocenters. The van der Waals surface area contributed by atoms with Gasteiger partial charge in [-0.3, -0.25) is 4.79 Å². The van der Waals surface area contributed by atoms with E-state index in [0.717, 1.165) is 12.8 Å². The Morgan fingerprint density at radius 1 is 1.13 bits per heavy atom. The Balaban J connectivity index is 1.51. The molecule has 1 unspecified atom stereocenters. The number of hydrogen-bond acceptors (Lipinski definition) is 6. The Bertz CT molecular complexity index is 1160. The van der Waals surface area contributed by atoms with Crippen molar-refractivity contribution < 1.29 is 42.9 Å². The van der Waals surface area contributed by atoms with Crippen molar-refractivity contribution in [2.45, 2.75) is 109 Å². The van der Waals surface area contributed by atoms with E-state index in [-0.39, 0.29) is 42.5 Å². The maximum Gasteiger partial charge on any atom is 0.509 e. The van der Waals surface area contributed by atoms with Crippen molar-refractivity contribution >= 4 is 17.9 Å². The zero-order valence-electron chi connectivity index (χ0n) is 23.4. The highest BCUT2D eigenvalue weighted by Crippen LogP contribution is 2.71. The number of carboxylic acid groups (broad SMARTS) is 1. The molecule has 0 aromatic carbocycles. The molecule has 0 heterocycles. The number of carboxylic acids is 1. The van der Waals surface area contributed by atoms with Crippen LogP contribution in [0.15, 0.2) is 23.6 Å². The van der Waals surface area contributed by atoms with Gasteiger partial charge in [-0.15, -0.1) is 0 Å². The summed E-state index contributed by atoms with van der Waals surface area (Å²) >= 11 is 0. The van der Waals surface area contributed by atoms with Crippen LogP contribution >= 0.6 is 0 Å². The number of alkyl halides is 1. The minimum Gasteiger partial charge on any atom is -0.478 e. The molecule has 39 heavy (non-hydrogen) atoms. The summed E-state index contributed by atoms with van der Waals surface area (Å²) in [6.45, 7) is 8.93. The van der Waals surface area contributed by atoms with Crippen LogP contribution in [0.5, 0.6) is 0 Å². The van der Waals surface area contributed by atoms with Crippen LogP contribution in [0.1, 0.15) is 86.0 Å². The second-order valence-corrected chi connectivity index (χ2v) is 13.9. The van der Waals surface area contributed by atoms with Crippen molar-refractivity contribution in [3.8, 4) is 0 Å². The van der Waals surface area contributed by atoms with E-state index in [0.29, 0.717) is 12.8 Å². The summed E-state index contributed by atoms with van der Waals surface area (Å²) in [6, 6.07) is 0. The molecule has 0 aliphatic heterocycles. The lowest BCUT2D eigenvalue weighted by molar-refractivity contribution is -0.227. The second kappa shape index (κ2) is 8.85. The van der Waals surface area contributed by atoms with Crippen LogP contribution < -0.4 is 0 Å². The average molecular weight is 551 g/mol. The molecule has 0 radical (unpaired) electrons. The van der Waals surface area contributed by atoms with Crippen LogP contribution in [0, 0.1) is 34.0 Å². The molecule has 9 heteroatoms. The van der Waals surface area contributed by atoms with Crippen molar-refractivity contribution in [3.63, 3.8) is 0 Å². The lowest BCUT2D eigenvalue weighted by Gasteiger charge is -2.61. The Kier molecular flexibility index (Phi) is 6.41. The molecule has 0 amide bonds. The number of carbonyl (C=O) groups is 3. The SMILES string of the molecule is C[C@@H]1C[C@H]2[C@@H]3CC(F)=C4CC(=O)C=C[C@]4(C)[C@@]3(F)[C@@H](O)C[C@]2(C)[C@@]1(OC(=O)OC1CCCC(C)(C)C1)C(=O)O. The molecule has 2 N–H and O–H groups in total. The third-order valence-electron chi connectivity index (χ3n) is 11.2. The van der Waals surface area contributed by atoms with E-state index in [1.165, 1.54) is 19.1 Å². The number of ketones is 1. The number of aliphatic hydroxyl groups is 1. The summed E-state index contributed by atoms with van der Waals surface area (Å²) in [5.74, 6) is -4.86. The summed E-state index contributed by atoms with van der Waals surface area (Å²) in [4.78, 5) is 38.2. The summed E-state index contributed by atoms with van der Waals surface area (Å²) in [6.07, 6.45) is 1.82. The number of hydrogen-bond donors (Lipinski definition) is 2. The molecule has 0 bridgehead atoms. The quantitative estimate of drug-likeness (QED) is 0.425. The number of halogens is 2. The Morgan fingerprint density at radius 2 is 1.82 bits per heavy atom. The number of allylic oxidation sites excluding steroid dienone is 4. The molecule has 5 rings (SSSR count). The first-order valence-electron chi connectivity index (χ1n) is 14.1. The highest BCUT2D eigenvalue weighted by molar-refractivity contribution is 5.93. The highest BCUT2D eigenvalue weighted by atomic mass is 19.1. The van der Waals surface area contributed by atoms with Crippen molar-refractivity contribution in [1.82, 2.24) is 0 Å². The summed E-state index contributed by atoms with van der Waals surface area (Å²) < 4.78 is 44.4. The van der Waals surface area contributed by atoms with Crippen LogP contribution in [-0.2, 0) is 19.1 Å². The summed E-state index contributed by atoms with van der Waals surface area (Å²) in [5.41, 5.74) is -7.36. The standard InChI is InChI=1S/C30H40F2O7/c1-16-11-19-20-13-22(31)21-12-17(33)8-10-27(21,4)29(20,32)23(34)15-28(19,5)30(16,24(35)36)39-25(37)38-18-7-6-9-26(2,3)14-18/h8,10,16,18-20,23,34H,6-7,9,11-15H2,1-5H3,(H,35,36)/t16-,18?,19+,20+,23+,27+,28+,29+,30+/m1/s1. The largest absolute Gasteiger partial charge is 0.509 e. The molecule has 216 valence electrons. The first-order chi connectivity index (χ1) is 18.0. The van der Waals surface area contributed by atoms with Gasteiger partial charge >= 0.3 is 12.1 Å². The topological polar surface area (TPSA) is 110 Å². The number of aliphatic hydroxyl groups excluding tert-OH is 1. The van der Waals surface area contributed by atoms with Crippen LogP contribution in [0.25, 0.3) is 0 Å². The third-order valence-corrected chi connectivity index (χ3v) is 11.2. The molecular formula is C30H40F2O7. The smallest absolute Gasteiger partial charge is 0.478 e. The average Bonchev–Trinajstić information content (AvgIpc) is 3.04. The third kappa shape index (κ3) is 3.77. The monoisotopic (exact) mass is 550 g/mol. The van der Waals surface area contributed by atoms with E-state index in [9.17, 15) is 24.6 Å². The molecule has 3 fully saturated rings. The fourth-order valence-electron chi connectivity index (χ4n) is 9.24. The molecule has 5 aliphatic carbocycles. The first-order valence-corrected chi connectivity index (χ1v) is 14.1. The second-order valence-electron chi connectivity index (χ2n) is 13.9. The van der Waals surface area contributed by atoms with Gasteiger partial charge in [-0.25, -0.2) is 18.4 Å². The van der Waals surface area contributed by atoms with Crippen molar-refractivity contribution in [2.24, 2.45) is 34.0 Å². The van der Waals surface area contributed by atoms with Crippen LogP contribution in [-0.4, -0.2) is 51.6 Å². The van der Waals surface area contributed by atoms with Gasteiger partial charge in [-0.2, -0.15) is 0 Å². The number of rotatable bonds is 3. The molecule has 0 spiro atoms. The van der Waals surface area contributed by atoms with Crippen molar-refractivity contribution in [3.05, 3.63) is 23.6 Å². The summed E-state index contributed by atoms with van der Waals surface area (Å²) in [5, 5.41) is 22.1. The molecule has 0 saturated heterocycles. The van der Waals surface area contributed by atoms with Crippen LogP contribution in [0.4, 0.5) is 13.6 Å². The first kappa shape index (κ1) is 28.2. The van der Waals surface area contributed by atoms with E-state index in [2.05, 4.69) is 13.8 Å². The molecule has 3 saturated carbocycles. The fourth-order valence-corrected chi connectivity index (χ4v) is 9.24. The minimum absolute atomic E-state index is 0.0188. The van der Waals surface area contributed by atoms with Gasteiger partial charge in [0.25, 0.3) is 0 Å².